The molecule has 0 saturated heterocycles. The third kappa shape index (κ3) is 13.5. The normalized spacial score (nSPS) is 11.6. The van der Waals surface area contributed by atoms with Crippen molar-refractivity contribution in [3.63, 3.8) is 0 Å². The Morgan fingerprint density at radius 1 is 0.784 bits per heavy atom. The lowest BCUT2D eigenvalue weighted by Gasteiger charge is -2.18. The molecule has 0 aromatic heterocycles. The minimum atomic E-state index is -1.09. The zero-order valence-electron chi connectivity index (χ0n) is 28.1. The number of aryl methyl sites for hydroxylation is 2. The number of carbonyl (C=O) groups is 2. The van der Waals surface area contributed by atoms with Gasteiger partial charge in [-0.15, -0.1) is 0 Å². The summed E-state index contributed by atoms with van der Waals surface area (Å²) >= 11 is 10.6. The summed E-state index contributed by atoms with van der Waals surface area (Å²) in [7, 11) is 0. The van der Waals surface area contributed by atoms with E-state index in [0.29, 0.717) is 11.4 Å². The number of carbonyl (C=O) groups excluding carboxylic acids is 2. The number of rotatable bonds is 12. The molecule has 274 valence electrons. The number of hydrogen-bond donors (Lipinski definition) is 6. The van der Waals surface area contributed by atoms with Crippen LogP contribution in [0.15, 0.2) is 69.6 Å². The van der Waals surface area contributed by atoms with Crippen molar-refractivity contribution in [3.8, 4) is 0 Å². The fourth-order valence-corrected chi connectivity index (χ4v) is 6.06. The van der Waals surface area contributed by atoms with Gasteiger partial charge in [0.05, 0.1) is 43.7 Å². The Kier molecular flexibility index (Phi) is 16.5. The summed E-state index contributed by atoms with van der Waals surface area (Å²) in [6.45, 7) is 8.24. The van der Waals surface area contributed by atoms with Crippen LogP contribution in [0, 0.1) is 32.6 Å². The van der Waals surface area contributed by atoms with Crippen molar-refractivity contribution >= 4 is 112 Å². The summed E-state index contributed by atoms with van der Waals surface area (Å²) in [6, 6.07) is 16.7. The van der Waals surface area contributed by atoms with E-state index in [-0.39, 0.29) is 33.3 Å². The van der Waals surface area contributed by atoms with Crippen LogP contribution >= 0.6 is 77.0 Å². The summed E-state index contributed by atoms with van der Waals surface area (Å²) in [5, 5.41) is 24.8. The van der Waals surface area contributed by atoms with Crippen LogP contribution in [0.2, 0.25) is 0 Å². The van der Waals surface area contributed by atoms with Gasteiger partial charge in [-0.1, -0.05) is 0 Å². The molecule has 6 N–H and O–H groups in total. The van der Waals surface area contributed by atoms with Crippen molar-refractivity contribution in [3.05, 3.63) is 111 Å². The highest BCUT2D eigenvalue weighted by Gasteiger charge is 2.20. The molecular weight excluding hydrogens is 1020 g/mol. The number of hydrogen-bond acceptors (Lipinski definition) is 8. The first-order chi connectivity index (χ1) is 23.9. The summed E-state index contributed by atoms with van der Waals surface area (Å²) in [5.74, 6) is -2.09. The first kappa shape index (κ1) is 42.9. The molecule has 2 amide bonds. The molecule has 16 heteroatoms. The second-order valence-electron chi connectivity index (χ2n) is 11.9. The number of aliphatic hydroxyl groups is 2. The van der Waals surface area contributed by atoms with Crippen LogP contribution in [0.4, 0.5) is 31.5 Å². The number of nitrogens with one attached hydrogen (secondary N) is 4. The number of aliphatic hydroxyl groups excluding tert-OH is 1. The molecule has 0 aliphatic rings. The van der Waals surface area contributed by atoms with Crippen LogP contribution in [0.5, 0.6) is 0 Å². The molecule has 0 aliphatic carbocycles. The van der Waals surface area contributed by atoms with Crippen LogP contribution in [0.25, 0.3) is 0 Å². The second kappa shape index (κ2) is 19.6. The molecule has 4 aromatic rings. The van der Waals surface area contributed by atoms with Gasteiger partial charge in [-0.25, -0.2) is 19.7 Å². The van der Waals surface area contributed by atoms with Crippen molar-refractivity contribution in [1.29, 1.82) is 0 Å². The van der Waals surface area contributed by atoms with Crippen molar-refractivity contribution in [2.75, 3.05) is 23.8 Å². The van der Waals surface area contributed by atoms with Gasteiger partial charge < -0.3 is 20.8 Å². The topological polar surface area (TPSA) is 141 Å². The lowest BCUT2D eigenvalue weighted by atomic mass is 10.1. The van der Waals surface area contributed by atoms with Gasteiger partial charge in [0.1, 0.15) is 24.3 Å². The Labute approximate surface area is 338 Å². The second-order valence-corrected chi connectivity index (χ2v) is 16.1. The van der Waals surface area contributed by atoms with Gasteiger partial charge in [0, 0.05) is 18.5 Å². The average molecular weight is 1060 g/mol. The highest BCUT2D eigenvalue weighted by Crippen LogP contribution is 2.31. The minimum absolute atomic E-state index is 0.0832. The molecule has 4 rings (SSSR count). The standard InChI is InChI=1S/C18H19BrFIN2O3.C17H17BrFIN2O3/c1-10-6-11(21)4-5-15(10)22-16-8-14(20)13(19)7-12(16)17(24)23-26-9-18(2,3)25;1-9-5-11(20)3-4-15(9)21-16-7-14(19)13(18)6-12(16)17(24)22-25-10(2)8-23/h4-8,22,25H,9H2,1-3H3,(H,23,24);3-7,10,21,23H,8H2,1-2H3,(H,22,24). The van der Waals surface area contributed by atoms with E-state index in [4.69, 9.17) is 14.8 Å². The number of anilines is 4. The molecule has 0 heterocycles. The van der Waals surface area contributed by atoms with Gasteiger partial charge >= 0.3 is 0 Å². The van der Waals surface area contributed by atoms with Crippen molar-refractivity contribution < 1.29 is 38.3 Å². The van der Waals surface area contributed by atoms with Gasteiger partial charge in [0.15, 0.2) is 0 Å². The number of hydroxylamine groups is 2. The lowest BCUT2D eigenvalue weighted by Crippen LogP contribution is -2.33. The van der Waals surface area contributed by atoms with E-state index in [9.17, 15) is 23.5 Å². The molecule has 0 saturated carbocycles. The maximum absolute atomic E-state index is 14.0. The van der Waals surface area contributed by atoms with E-state index in [1.807, 2.05) is 50.2 Å². The molecule has 51 heavy (non-hydrogen) atoms. The lowest BCUT2D eigenvalue weighted by molar-refractivity contribution is -0.0522. The Morgan fingerprint density at radius 2 is 1.22 bits per heavy atom. The fraction of sp³-hybridized carbons (Fsp3) is 0.257. The molecule has 0 aliphatic heterocycles. The van der Waals surface area contributed by atoms with Crippen LogP contribution in [0.3, 0.4) is 0 Å². The molecule has 1 unspecified atom stereocenters. The molecule has 1 atom stereocenters. The van der Waals surface area contributed by atoms with E-state index >= 15 is 0 Å². The zero-order chi connectivity index (χ0) is 38.0. The third-order valence-electron chi connectivity index (χ3n) is 6.73. The third-order valence-corrected chi connectivity index (χ3v) is 9.28. The molecule has 0 spiro atoms. The van der Waals surface area contributed by atoms with Crippen molar-refractivity contribution in [2.45, 2.75) is 46.3 Å². The van der Waals surface area contributed by atoms with Gasteiger partial charge in [-0.3, -0.25) is 19.3 Å². The minimum Gasteiger partial charge on any atom is -0.394 e. The van der Waals surface area contributed by atoms with Gasteiger partial charge in [0.2, 0.25) is 0 Å². The molecule has 0 fully saturated rings. The Morgan fingerprint density at radius 3 is 1.61 bits per heavy atom. The number of amides is 2. The highest BCUT2D eigenvalue weighted by molar-refractivity contribution is 14.1. The van der Waals surface area contributed by atoms with Gasteiger partial charge in [0.25, 0.3) is 11.8 Å². The molecule has 4 aromatic carbocycles. The maximum Gasteiger partial charge on any atom is 0.277 e. The van der Waals surface area contributed by atoms with Crippen molar-refractivity contribution in [1.82, 2.24) is 11.0 Å². The monoisotopic (exact) mass is 1060 g/mol. The van der Waals surface area contributed by atoms with E-state index in [1.54, 1.807) is 20.8 Å². The fourth-order valence-electron chi connectivity index (χ4n) is 4.08. The predicted octanol–water partition coefficient (Wildman–Crippen LogP) is 8.96. The van der Waals surface area contributed by atoms with Crippen LogP contribution in [0.1, 0.15) is 52.6 Å². The quantitative estimate of drug-likeness (QED) is 0.0611. The molecule has 10 nitrogen and oxygen atoms in total. The highest BCUT2D eigenvalue weighted by atomic mass is 127. The summed E-state index contributed by atoms with van der Waals surface area (Å²) < 4.78 is 30.5. The average Bonchev–Trinajstić information content (AvgIpc) is 3.05. The first-order valence-corrected chi connectivity index (χ1v) is 18.9. The smallest absolute Gasteiger partial charge is 0.277 e. The SMILES string of the molecule is Cc1cc(I)ccc1Nc1cc(F)c(Br)cc1C(=O)NOC(C)CO.Cc1cc(I)ccc1Nc1cc(F)c(Br)cc1C(=O)NOCC(C)(C)O. The summed E-state index contributed by atoms with van der Waals surface area (Å²) in [5.41, 5.74) is 7.92. The number of benzene rings is 4. The van der Waals surface area contributed by atoms with Gasteiger partial charge in [-0.2, -0.15) is 0 Å². The zero-order valence-corrected chi connectivity index (χ0v) is 35.5. The Bertz CT molecular complexity index is 1880. The Balaban J connectivity index is 0.000000276. The number of halogens is 6. The van der Waals surface area contributed by atoms with Crippen LogP contribution < -0.4 is 21.6 Å². The van der Waals surface area contributed by atoms with Gasteiger partial charge in [-0.05, 0) is 183 Å². The van der Waals surface area contributed by atoms with Crippen LogP contribution in [-0.2, 0) is 9.68 Å². The Hall–Kier alpha value is -2.46. The van der Waals surface area contributed by atoms with Crippen molar-refractivity contribution in [2.24, 2.45) is 0 Å². The summed E-state index contributed by atoms with van der Waals surface area (Å²) in [4.78, 5) is 34.9. The van der Waals surface area contributed by atoms with E-state index in [2.05, 4.69) is 98.6 Å². The molecule has 0 bridgehead atoms. The van der Waals surface area contributed by atoms with E-state index in [0.717, 1.165) is 29.6 Å². The van der Waals surface area contributed by atoms with E-state index < -0.39 is 35.2 Å². The largest absolute Gasteiger partial charge is 0.394 e. The molecular formula is C35H36Br2F2I2N4O6. The predicted molar refractivity (Wildman–Crippen MR) is 217 cm³/mol. The molecule has 0 radical (unpaired) electrons. The van der Waals surface area contributed by atoms with E-state index in [1.165, 1.54) is 24.3 Å². The summed E-state index contributed by atoms with van der Waals surface area (Å²) in [6.07, 6.45) is -0.553. The maximum atomic E-state index is 14.0. The van der Waals surface area contributed by atoms with Crippen LogP contribution in [-0.4, -0.2) is 46.9 Å². The first-order valence-electron chi connectivity index (χ1n) is 15.1.